The summed E-state index contributed by atoms with van der Waals surface area (Å²) in [5.74, 6) is 2.62. The lowest BCUT2D eigenvalue weighted by atomic mass is 10.0. The third-order valence-electron chi connectivity index (χ3n) is 4.93. The molecule has 2 aromatic rings. The van der Waals surface area contributed by atoms with Gasteiger partial charge in [-0.1, -0.05) is 38.1 Å². The number of hydrogen-bond donors (Lipinski definition) is 0. The van der Waals surface area contributed by atoms with Gasteiger partial charge < -0.3 is 9.80 Å². The topological polar surface area (TPSA) is 49.3 Å². The van der Waals surface area contributed by atoms with E-state index in [4.69, 9.17) is 0 Å². The van der Waals surface area contributed by atoms with Crippen molar-refractivity contribution in [2.45, 2.75) is 40.5 Å². The Morgan fingerprint density at radius 2 is 1.63 bits per heavy atom. The fraction of sp³-hybridized carbons (Fsp3) is 0.500. The van der Waals surface area contributed by atoms with Crippen molar-refractivity contribution in [2.24, 2.45) is 5.92 Å². The smallest absolute Gasteiger partial charge is 0.227 e. The maximum Gasteiger partial charge on any atom is 0.227 e. The number of carbonyl (C=O) groups excluding carboxylic acids is 1. The molecule has 1 aliphatic heterocycles. The molecule has 5 heteroatoms. The SMILES string of the molecule is Cc1cc(N2CCN(C(=O)Cc3ccc(CC(C)C)cc3)CC2)nc(C)n1. The molecule has 1 amide bonds. The standard InChI is InChI=1S/C22H30N4O/c1-16(2)13-19-5-7-20(8-6-19)15-22(27)26-11-9-25(10-12-26)21-14-17(3)23-18(4)24-21/h5-8,14,16H,9-13,15H2,1-4H3. The number of anilines is 1. The van der Waals surface area contributed by atoms with Crippen LogP contribution in [0.4, 0.5) is 5.82 Å². The molecule has 0 saturated carbocycles. The van der Waals surface area contributed by atoms with Crippen LogP contribution in [-0.4, -0.2) is 47.0 Å². The molecular formula is C22H30N4O. The first kappa shape index (κ1) is 19.3. The van der Waals surface area contributed by atoms with Crippen LogP contribution >= 0.6 is 0 Å². The minimum Gasteiger partial charge on any atom is -0.353 e. The zero-order valence-electron chi connectivity index (χ0n) is 16.9. The first-order valence-corrected chi connectivity index (χ1v) is 9.83. The van der Waals surface area contributed by atoms with Gasteiger partial charge in [0.25, 0.3) is 0 Å². The van der Waals surface area contributed by atoms with E-state index >= 15 is 0 Å². The largest absolute Gasteiger partial charge is 0.353 e. The molecule has 27 heavy (non-hydrogen) atoms. The normalized spacial score (nSPS) is 14.7. The zero-order chi connectivity index (χ0) is 19.4. The number of aryl methyl sites for hydroxylation is 2. The minimum absolute atomic E-state index is 0.210. The highest BCUT2D eigenvalue weighted by atomic mass is 16.2. The maximum atomic E-state index is 12.7. The van der Waals surface area contributed by atoms with Crippen molar-refractivity contribution in [1.29, 1.82) is 0 Å². The number of amides is 1. The number of hydrogen-bond acceptors (Lipinski definition) is 4. The highest BCUT2D eigenvalue weighted by Gasteiger charge is 2.22. The number of aromatic nitrogens is 2. The van der Waals surface area contributed by atoms with Gasteiger partial charge in [0, 0.05) is 37.9 Å². The van der Waals surface area contributed by atoms with E-state index in [1.54, 1.807) is 0 Å². The van der Waals surface area contributed by atoms with Crippen LogP contribution in [0.2, 0.25) is 0 Å². The fourth-order valence-corrected chi connectivity index (χ4v) is 3.60. The van der Waals surface area contributed by atoms with Gasteiger partial charge in [-0.25, -0.2) is 9.97 Å². The van der Waals surface area contributed by atoms with Crippen LogP contribution < -0.4 is 4.90 Å². The third-order valence-corrected chi connectivity index (χ3v) is 4.93. The molecule has 0 bridgehead atoms. The van der Waals surface area contributed by atoms with Gasteiger partial charge in [-0.3, -0.25) is 4.79 Å². The van der Waals surface area contributed by atoms with Crippen molar-refractivity contribution < 1.29 is 4.79 Å². The van der Waals surface area contributed by atoms with E-state index in [0.29, 0.717) is 12.3 Å². The van der Waals surface area contributed by atoms with Gasteiger partial charge in [0.05, 0.1) is 6.42 Å². The van der Waals surface area contributed by atoms with Gasteiger partial charge in [0.1, 0.15) is 11.6 Å². The average Bonchev–Trinajstić information content (AvgIpc) is 2.62. The van der Waals surface area contributed by atoms with Crippen molar-refractivity contribution in [2.75, 3.05) is 31.1 Å². The Balaban J connectivity index is 1.54. The van der Waals surface area contributed by atoms with Crippen molar-refractivity contribution in [3.05, 3.63) is 53.0 Å². The number of carbonyl (C=O) groups is 1. The molecule has 1 saturated heterocycles. The first-order valence-electron chi connectivity index (χ1n) is 9.83. The van der Waals surface area contributed by atoms with Crippen LogP contribution in [-0.2, 0) is 17.6 Å². The number of benzene rings is 1. The molecule has 5 nitrogen and oxygen atoms in total. The van der Waals surface area contributed by atoms with Gasteiger partial charge in [-0.05, 0) is 37.3 Å². The van der Waals surface area contributed by atoms with E-state index in [9.17, 15) is 4.79 Å². The number of rotatable bonds is 5. The monoisotopic (exact) mass is 366 g/mol. The van der Waals surface area contributed by atoms with Crippen LogP contribution in [0, 0.1) is 19.8 Å². The molecule has 1 aromatic heterocycles. The summed E-state index contributed by atoms with van der Waals surface area (Å²) in [7, 11) is 0. The first-order chi connectivity index (χ1) is 12.9. The molecule has 0 atom stereocenters. The van der Waals surface area contributed by atoms with E-state index in [0.717, 1.165) is 55.5 Å². The molecule has 0 unspecified atom stereocenters. The highest BCUT2D eigenvalue weighted by molar-refractivity contribution is 5.79. The molecule has 1 aliphatic rings. The Labute approximate surface area is 162 Å². The Morgan fingerprint density at radius 1 is 1.00 bits per heavy atom. The van der Waals surface area contributed by atoms with Crippen LogP contribution in [0.3, 0.4) is 0 Å². The van der Waals surface area contributed by atoms with E-state index in [1.165, 1.54) is 5.56 Å². The van der Waals surface area contributed by atoms with E-state index in [2.05, 4.69) is 53.0 Å². The Kier molecular flexibility index (Phi) is 6.09. The zero-order valence-corrected chi connectivity index (χ0v) is 16.9. The summed E-state index contributed by atoms with van der Waals surface area (Å²) in [5, 5.41) is 0. The van der Waals surface area contributed by atoms with Crippen LogP contribution in [0.1, 0.15) is 36.5 Å². The second-order valence-corrected chi connectivity index (χ2v) is 7.87. The molecule has 3 rings (SSSR count). The van der Waals surface area contributed by atoms with Gasteiger partial charge in [-0.2, -0.15) is 0 Å². The molecule has 0 N–H and O–H groups in total. The second kappa shape index (κ2) is 8.51. The van der Waals surface area contributed by atoms with Gasteiger partial charge in [-0.15, -0.1) is 0 Å². The van der Waals surface area contributed by atoms with Crippen molar-refractivity contribution >= 4 is 11.7 Å². The lowest BCUT2D eigenvalue weighted by Gasteiger charge is -2.35. The molecule has 0 spiro atoms. The van der Waals surface area contributed by atoms with Crippen molar-refractivity contribution in [1.82, 2.24) is 14.9 Å². The van der Waals surface area contributed by atoms with Crippen LogP contribution in [0.25, 0.3) is 0 Å². The summed E-state index contributed by atoms with van der Waals surface area (Å²) in [6.45, 7) is 11.5. The molecule has 0 aliphatic carbocycles. The summed E-state index contributed by atoms with van der Waals surface area (Å²) < 4.78 is 0. The molecule has 1 aromatic carbocycles. The van der Waals surface area contributed by atoms with E-state index in [1.807, 2.05) is 24.8 Å². The molecular weight excluding hydrogens is 336 g/mol. The van der Waals surface area contributed by atoms with Crippen LogP contribution in [0.15, 0.2) is 30.3 Å². The molecule has 144 valence electrons. The second-order valence-electron chi connectivity index (χ2n) is 7.87. The van der Waals surface area contributed by atoms with Gasteiger partial charge >= 0.3 is 0 Å². The minimum atomic E-state index is 0.210. The molecule has 0 radical (unpaired) electrons. The van der Waals surface area contributed by atoms with Crippen molar-refractivity contribution in [3.8, 4) is 0 Å². The van der Waals surface area contributed by atoms with Crippen molar-refractivity contribution in [3.63, 3.8) is 0 Å². The third kappa shape index (κ3) is 5.28. The number of piperazine rings is 1. The Morgan fingerprint density at radius 3 is 2.22 bits per heavy atom. The van der Waals surface area contributed by atoms with Gasteiger partial charge in [0.2, 0.25) is 5.91 Å². The van der Waals surface area contributed by atoms with E-state index < -0.39 is 0 Å². The van der Waals surface area contributed by atoms with Crippen LogP contribution in [0.5, 0.6) is 0 Å². The Hall–Kier alpha value is -2.43. The predicted molar refractivity (Wildman–Crippen MR) is 109 cm³/mol. The summed E-state index contributed by atoms with van der Waals surface area (Å²) in [6.07, 6.45) is 1.56. The summed E-state index contributed by atoms with van der Waals surface area (Å²) in [6, 6.07) is 10.5. The predicted octanol–water partition coefficient (Wildman–Crippen LogP) is 3.18. The fourth-order valence-electron chi connectivity index (χ4n) is 3.60. The quantitative estimate of drug-likeness (QED) is 0.815. The molecule has 2 heterocycles. The van der Waals surface area contributed by atoms with E-state index in [-0.39, 0.29) is 5.91 Å². The number of nitrogens with zero attached hydrogens (tertiary/aromatic N) is 4. The average molecular weight is 367 g/mol. The lowest BCUT2D eigenvalue weighted by Crippen LogP contribution is -2.49. The molecule has 1 fully saturated rings. The maximum absolute atomic E-state index is 12.7. The Bertz CT molecular complexity index is 757. The van der Waals surface area contributed by atoms with Gasteiger partial charge in [0.15, 0.2) is 0 Å². The lowest BCUT2D eigenvalue weighted by molar-refractivity contribution is -0.130. The summed E-state index contributed by atoms with van der Waals surface area (Å²) in [5.41, 5.74) is 3.42. The summed E-state index contributed by atoms with van der Waals surface area (Å²) in [4.78, 5) is 25.8. The highest BCUT2D eigenvalue weighted by Crippen LogP contribution is 2.16. The summed E-state index contributed by atoms with van der Waals surface area (Å²) >= 11 is 0.